The van der Waals surface area contributed by atoms with Crippen molar-refractivity contribution in [1.82, 2.24) is 0 Å². The molecule has 0 fully saturated rings. The molecule has 1 aromatic heterocycles. The Hall–Kier alpha value is -0.270. The van der Waals surface area contributed by atoms with Crippen molar-refractivity contribution in [3.63, 3.8) is 0 Å². The van der Waals surface area contributed by atoms with E-state index in [-0.39, 0.29) is 24.8 Å². The molecule has 0 N–H and O–H groups in total. The van der Waals surface area contributed by atoms with E-state index in [0.29, 0.717) is 0 Å². The van der Waals surface area contributed by atoms with Crippen molar-refractivity contribution < 1.29 is 17.0 Å². The van der Waals surface area contributed by atoms with E-state index in [9.17, 15) is 0 Å². The molecular weight excluding hydrogens is 169 g/mol. The average Bonchev–Trinajstić information content (AvgIpc) is 1.90. The predicted octanol–water partition coefficient (Wildman–Crippen LogP) is -1.58. The number of pyridine rings is 1. The zero-order chi connectivity index (χ0) is 5.82. The van der Waals surface area contributed by atoms with E-state index < -0.39 is 0 Å². The van der Waals surface area contributed by atoms with Crippen molar-refractivity contribution in [2.75, 3.05) is 0 Å². The molecule has 1 heterocycles. The number of hydrogen-bond donors (Lipinski definition) is 0. The lowest BCUT2D eigenvalue weighted by atomic mass is 10.5. The lowest BCUT2D eigenvalue weighted by molar-refractivity contribution is -0.693. The topological polar surface area (TPSA) is 3.88 Å². The van der Waals surface area contributed by atoms with E-state index in [2.05, 4.69) is 23.9 Å². The Labute approximate surface area is 73.9 Å². The maximum absolute atomic E-state index is 2.12. The fraction of sp³-hybridized carbons (Fsp3) is 0.286. The van der Waals surface area contributed by atoms with Gasteiger partial charge in [-0.3, -0.25) is 0 Å². The molecule has 1 rings (SSSR count). The summed E-state index contributed by atoms with van der Waals surface area (Å²) in [6.07, 6.45) is 4.11. The number of aromatic nitrogens is 1. The molecule has 0 atom stereocenters. The molecule has 1 aromatic rings. The largest absolute Gasteiger partial charge is 1.00 e. The molecule has 0 aromatic carbocycles. The number of aryl methyl sites for hydroxylation is 1. The highest BCUT2D eigenvalue weighted by Crippen LogP contribution is 1.74. The average molecular weight is 180 g/mol. The first-order valence-corrected chi connectivity index (χ1v) is 2.87. The van der Waals surface area contributed by atoms with Gasteiger partial charge in [-0.15, -0.1) is 12.4 Å². The minimum atomic E-state index is 0. The quantitative estimate of drug-likeness (QED) is 0.459. The minimum absolute atomic E-state index is 0. The Morgan fingerprint density at radius 2 is 1.60 bits per heavy atom. The summed E-state index contributed by atoms with van der Waals surface area (Å²) in [5.74, 6) is 0. The zero-order valence-corrected chi connectivity index (χ0v) is 7.40. The maximum atomic E-state index is 2.12. The predicted molar refractivity (Wildman–Crippen MR) is 39.6 cm³/mol. The lowest BCUT2D eigenvalue weighted by Gasteiger charge is -1.84. The van der Waals surface area contributed by atoms with Crippen molar-refractivity contribution >= 4 is 12.4 Å². The summed E-state index contributed by atoms with van der Waals surface area (Å²) in [6, 6.07) is 6.08. The number of rotatable bonds is 1. The van der Waals surface area contributed by atoms with Gasteiger partial charge in [0, 0.05) is 12.1 Å². The smallest absolute Gasteiger partial charge is 0.168 e. The highest BCUT2D eigenvalue weighted by Gasteiger charge is 1.86. The van der Waals surface area contributed by atoms with Crippen LogP contribution >= 0.6 is 12.4 Å². The van der Waals surface area contributed by atoms with Gasteiger partial charge in [-0.1, -0.05) is 6.07 Å². The first kappa shape index (κ1) is 12.4. The highest BCUT2D eigenvalue weighted by molar-refractivity contribution is 5.85. The fourth-order valence-corrected chi connectivity index (χ4v) is 0.645. The van der Waals surface area contributed by atoms with Gasteiger partial charge in [-0.25, -0.2) is 4.57 Å². The van der Waals surface area contributed by atoms with Gasteiger partial charge in [0.1, 0.15) is 6.54 Å². The van der Waals surface area contributed by atoms with Crippen molar-refractivity contribution in [3.05, 3.63) is 30.6 Å². The van der Waals surface area contributed by atoms with Crippen LogP contribution in [0, 0.1) is 0 Å². The van der Waals surface area contributed by atoms with Crippen LogP contribution in [-0.4, -0.2) is 0 Å². The molecule has 0 aliphatic rings. The van der Waals surface area contributed by atoms with Gasteiger partial charge in [-0.2, -0.15) is 0 Å². The SMILES string of the molecule is CC[n+]1ccccc1.Cl.[Cl-]. The van der Waals surface area contributed by atoms with Gasteiger partial charge in [0.25, 0.3) is 0 Å². The maximum Gasteiger partial charge on any atom is 0.168 e. The van der Waals surface area contributed by atoms with E-state index in [1.807, 2.05) is 18.2 Å². The second-order valence-corrected chi connectivity index (χ2v) is 1.71. The van der Waals surface area contributed by atoms with Gasteiger partial charge < -0.3 is 12.4 Å². The normalized spacial score (nSPS) is 7.30. The number of nitrogens with zero attached hydrogens (tertiary/aromatic N) is 1. The Morgan fingerprint density at radius 3 is 1.90 bits per heavy atom. The minimum Gasteiger partial charge on any atom is -1.00 e. The molecule has 0 saturated carbocycles. The number of halogens is 2. The van der Waals surface area contributed by atoms with Crippen molar-refractivity contribution in [2.45, 2.75) is 13.5 Å². The first-order valence-electron chi connectivity index (χ1n) is 2.87. The molecule has 0 saturated heterocycles. The van der Waals surface area contributed by atoms with Crippen LogP contribution in [0.5, 0.6) is 0 Å². The van der Waals surface area contributed by atoms with Crippen LogP contribution in [0.3, 0.4) is 0 Å². The molecule has 0 aliphatic carbocycles. The first-order chi connectivity index (χ1) is 3.93. The molecule has 0 bridgehead atoms. The van der Waals surface area contributed by atoms with Gasteiger partial charge in [0.2, 0.25) is 0 Å². The van der Waals surface area contributed by atoms with Crippen LogP contribution in [0.1, 0.15) is 6.92 Å². The Morgan fingerprint density at radius 1 is 1.10 bits per heavy atom. The molecule has 0 unspecified atom stereocenters. The third kappa shape index (κ3) is 3.70. The molecule has 1 nitrogen and oxygen atoms in total. The third-order valence-corrected chi connectivity index (χ3v) is 1.14. The standard InChI is InChI=1S/C7H10N.2ClH/c1-2-8-6-4-3-5-7-8;;/h3-7H,2H2,1H3;2*1H/q+1;;/p-1. The van der Waals surface area contributed by atoms with Gasteiger partial charge in [-0.05, 0) is 6.92 Å². The fourth-order valence-electron chi connectivity index (χ4n) is 0.645. The summed E-state index contributed by atoms with van der Waals surface area (Å²) in [5.41, 5.74) is 0. The van der Waals surface area contributed by atoms with Crippen molar-refractivity contribution in [2.24, 2.45) is 0 Å². The molecule has 3 heteroatoms. The molecule has 0 radical (unpaired) electrons. The van der Waals surface area contributed by atoms with Crippen molar-refractivity contribution in [1.29, 1.82) is 0 Å². The lowest BCUT2D eigenvalue weighted by Crippen LogP contribution is -3.00. The summed E-state index contributed by atoms with van der Waals surface area (Å²) in [6.45, 7) is 3.18. The molecule has 0 amide bonds. The summed E-state index contributed by atoms with van der Waals surface area (Å²) < 4.78 is 2.12. The summed E-state index contributed by atoms with van der Waals surface area (Å²) in [4.78, 5) is 0. The van der Waals surface area contributed by atoms with Gasteiger partial charge in [0.15, 0.2) is 12.4 Å². The monoisotopic (exact) mass is 179 g/mol. The molecule has 10 heavy (non-hydrogen) atoms. The van der Waals surface area contributed by atoms with E-state index in [1.165, 1.54) is 0 Å². The molecule has 58 valence electrons. The summed E-state index contributed by atoms with van der Waals surface area (Å²) in [7, 11) is 0. The molecule has 0 spiro atoms. The van der Waals surface area contributed by atoms with Crippen LogP contribution in [0.4, 0.5) is 0 Å². The third-order valence-electron chi connectivity index (χ3n) is 1.14. The van der Waals surface area contributed by atoms with Crippen molar-refractivity contribution in [3.8, 4) is 0 Å². The van der Waals surface area contributed by atoms with E-state index in [0.717, 1.165) is 6.54 Å². The van der Waals surface area contributed by atoms with Crippen LogP contribution in [0.25, 0.3) is 0 Å². The van der Waals surface area contributed by atoms with Gasteiger partial charge >= 0.3 is 0 Å². The second kappa shape index (κ2) is 6.84. The van der Waals surface area contributed by atoms with Gasteiger partial charge in [0.05, 0.1) is 0 Å². The Balaban J connectivity index is 0. The Bertz CT molecular complexity index is 153. The van der Waals surface area contributed by atoms with E-state index in [4.69, 9.17) is 0 Å². The Kier molecular flexibility index (Phi) is 8.49. The van der Waals surface area contributed by atoms with Crippen LogP contribution in [0.15, 0.2) is 30.6 Å². The van der Waals surface area contributed by atoms with Crippen LogP contribution < -0.4 is 17.0 Å². The van der Waals surface area contributed by atoms with Crippen LogP contribution in [-0.2, 0) is 6.54 Å². The highest BCUT2D eigenvalue weighted by atomic mass is 35.5. The second-order valence-electron chi connectivity index (χ2n) is 1.71. The van der Waals surface area contributed by atoms with E-state index in [1.54, 1.807) is 0 Å². The summed E-state index contributed by atoms with van der Waals surface area (Å²) in [5, 5.41) is 0. The zero-order valence-electron chi connectivity index (χ0n) is 5.83. The summed E-state index contributed by atoms with van der Waals surface area (Å²) >= 11 is 0. The van der Waals surface area contributed by atoms with Crippen LogP contribution in [0.2, 0.25) is 0 Å². The number of hydrogen-bond acceptors (Lipinski definition) is 0. The molecular formula is C7H11Cl2N. The van der Waals surface area contributed by atoms with E-state index >= 15 is 0 Å². The molecule has 0 aliphatic heterocycles.